The summed E-state index contributed by atoms with van der Waals surface area (Å²) in [7, 11) is 0. The monoisotopic (exact) mass is 458 g/mol. The van der Waals surface area contributed by atoms with Crippen molar-refractivity contribution in [1.82, 2.24) is 0 Å². The first-order valence-electron chi connectivity index (χ1n) is 10.3. The Labute approximate surface area is 191 Å². The summed E-state index contributed by atoms with van der Waals surface area (Å²) in [5.41, 5.74) is 3.09. The lowest BCUT2D eigenvalue weighted by Crippen LogP contribution is -3.26. The molecule has 1 aliphatic rings. The average Bonchev–Trinajstić information content (AvgIpc) is 2.67. The Morgan fingerprint density at radius 1 is 1.03 bits per heavy atom. The Morgan fingerprint density at radius 2 is 1.70 bits per heavy atom. The van der Waals surface area contributed by atoms with Crippen LogP contribution in [0, 0.1) is 12.7 Å². The number of piperazine rings is 1. The van der Waals surface area contributed by atoms with Gasteiger partial charge in [0.15, 0.2) is 11.5 Å². The molecule has 1 saturated heterocycles. The molecule has 0 saturated carbocycles. The average molecular weight is 459 g/mol. The van der Waals surface area contributed by atoms with E-state index >= 15 is 0 Å². The van der Waals surface area contributed by atoms with Crippen LogP contribution in [0.5, 0.6) is 5.75 Å². The van der Waals surface area contributed by atoms with Crippen molar-refractivity contribution in [3.8, 4) is 5.75 Å². The number of aryl methyl sites for hydroxylation is 1. The van der Waals surface area contributed by atoms with Crippen molar-refractivity contribution in [2.45, 2.75) is 32.8 Å². The highest BCUT2D eigenvalue weighted by atomic mass is 35.5. The van der Waals surface area contributed by atoms with Crippen molar-refractivity contribution >= 4 is 5.69 Å². The fourth-order valence-corrected chi connectivity index (χ4v) is 3.95. The number of ether oxygens (including phenoxy) is 1. The molecule has 2 aromatic rings. The number of hydrogen-bond donors (Lipinski definition) is 3. The Balaban J connectivity index is 0.00000225. The summed E-state index contributed by atoms with van der Waals surface area (Å²) in [4.78, 5) is 2.54. The van der Waals surface area contributed by atoms with E-state index in [2.05, 4.69) is 32.9 Å². The fourth-order valence-electron chi connectivity index (χ4n) is 3.95. The summed E-state index contributed by atoms with van der Waals surface area (Å²) in [6.07, 6.45) is -0.509. The molecule has 7 heteroatoms. The van der Waals surface area contributed by atoms with E-state index in [4.69, 9.17) is 4.74 Å². The van der Waals surface area contributed by atoms with Crippen LogP contribution in [0.15, 0.2) is 42.5 Å². The topological polar surface area (TPSA) is 38.3 Å². The zero-order valence-electron chi connectivity index (χ0n) is 17.9. The highest BCUT2D eigenvalue weighted by molar-refractivity contribution is 5.39. The van der Waals surface area contributed by atoms with Crippen LogP contribution in [0.3, 0.4) is 0 Å². The summed E-state index contributed by atoms with van der Waals surface area (Å²) in [6.45, 7) is 10.9. The van der Waals surface area contributed by atoms with Gasteiger partial charge in [-0.2, -0.15) is 0 Å². The molecule has 1 aliphatic heterocycles. The maximum Gasteiger partial charge on any atom is 0.183 e. The largest absolute Gasteiger partial charge is 1.00 e. The molecule has 1 unspecified atom stereocenters. The zero-order chi connectivity index (χ0) is 20.1. The van der Waals surface area contributed by atoms with Crippen molar-refractivity contribution < 1.29 is 48.8 Å². The molecule has 1 atom stereocenters. The number of para-hydroxylation sites is 1. The van der Waals surface area contributed by atoms with Gasteiger partial charge in [-0.05, 0) is 36.1 Å². The minimum atomic E-state index is -0.509. The summed E-state index contributed by atoms with van der Waals surface area (Å²) in [5, 5.41) is 10.5. The van der Waals surface area contributed by atoms with Crippen molar-refractivity contribution in [3.05, 3.63) is 59.4 Å². The van der Waals surface area contributed by atoms with Crippen LogP contribution < -0.4 is 39.4 Å². The third kappa shape index (κ3) is 7.10. The number of aliphatic hydroxyl groups excluding tert-OH is 1. The molecule has 168 valence electrons. The molecule has 0 aliphatic carbocycles. The highest BCUT2D eigenvalue weighted by Crippen LogP contribution is 2.27. The molecule has 30 heavy (non-hydrogen) atoms. The van der Waals surface area contributed by atoms with E-state index in [0.29, 0.717) is 19.1 Å². The first-order valence-corrected chi connectivity index (χ1v) is 10.3. The molecule has 3 N–H and O–H groups in total. The first kappa shape index (κ1) is 26.7. The SMILES string of the molecule is Cc1ccc(C(C)C)c(OCC(O)C[NH+]2CC[NH+](c3ccccc3F)CC2)c1.[Cl-].[Cl-]. The molecule has 0 radical (unpaired) electrons. The Hall–Kier alpha value is -1.37. The van der Waals surface area contributed by atoms with Crippen molar-refractivity contribution in [2.75, 3.05) is 39.3 Å². The Bertz CT molecular complexity index is 784. The summed E-state index contributed by atoms with van der Waals surface area (Å²) in [5.74, 6) is 1.12. The smallest absolute Gasteiger partial charge is 0.183 e. The number of halogens is 3. The molecule has 1 heterocycles. The number of hydrogen-bond acceptors (Lipinski definition) is 2. The molecule has 3 rings (SSSR count). The van der Waals surface area contributed by atoms with E-state index in [1.807, 2.05) is 18.2 Å². The zero-order valence-corrected chi connectivity index (χ0v) is 19.4. The third-order valence-electron chi connectivity index (χ3n) is 5.56. The lowest BCUT2D eigenvalue weighted by molar-refractivity contribution is -0.988. The number of quaternary nitrogens is 2. The van der Waals surface area contributed by atoms with E-state index in [1.165, 1.54) is 21.4 Å². The van der Waals surface area contributed by atoms with Gasteiger partial charge in [-0.1, -0.05) is 38.1 Å². The van der Waals surface area contributed by atoms with Gasteiger partial charge in [0.2, 0.25) is 0 Å². The predicted octanol–water partition coefficient (Wildman–Crippen LogP) is -4.88. The summed E-state index contributed by atoms with van der Waals surface area (Å²) < 4.78 is 19.9. The second-order valence-electron chi connectivity index (χ2n) is 8.20. The first-order chi connectivity index (χ1) is 13.4. The van der Waals surface area contributed by atoms with Crippen LogP contribution in [-0.2, 0) is 0 Å². The van der Waals surface area contributed by atoms with Crippen molar-refractivity contribution in [1.29, 1.82) is 0 Å². The maximum atomic E-state index is 14.0. The maximum absolute atomic E-state index is 14.0. The molecule has 1 fully saturated rings. The molecular formula is C23H33Cl2FN2O2. The van der Waals surface area contributed by atoms with Crippen LogP contribution in [0.4, 0.5) is 10.1 Å². The van der Waals surface area contributed by atoms with Crippen LogP contribution in [0.2, 0.25) is 0 Å². The normalized spacial score (nSPS) is 19.5. The lowest BCUT2D eigenvalue weighted by Gasteiger charge is -2.30. The lowest BCUT2D eigenvalue weighted by atomic mass is 10.0. The van der Waals surface area contributed by atoms with E-state index in [1.54, 1.807) is 6.07 Å². The Kier molecular flexibility index (Phi) is 11.1. The van der Waals surface area contributed by atoms with E-state index in [0.717, 1.165) is 43.2 Å². The van der Waals surface area contributed by atoms with Gasteiger partial charge in [0.1, 0.15) is 51.2 Å². The van der Waals surface area contributed by atoms with E-state index in [-0.39, 0.29) is 30.6 Å². The third-order valence-corrected chi connectivity index (χ3v) is 5.56. The van der Waals surface area contributed by atoms with Gasteiger partial charge in [-0.3, -0.25) is 4.90 Å². The molecule has 2 aromatic carbocycles. The molecule has 0 spiro atoms. The van der Waals surface area contributed by atoms with E-state index in [9.17, 15) is 9.50 Å². The van der Waals surface area contributed by atoms with Gasteiger partial charge in [0.25, 0.3) is 0 Å². The van der Waals surface area contributed by atoms with Gasteiger partial charge in [-0.25, -0.2) is 4.39 Å². The molecule has 0 amide bonds. The fraction of sp³-hybridized carbons (Fsp3) is 0.478. The van der Waals surface area contributed by atoms with Gasteiger partial charge >= 0.3 is 0 Å². The van der Waals surface area contributed by atoms with Gasteiger partial charge in [0, 0.05) is 6.07 Å². The summed E-state index contributed by atoms with van der Waals surface area (Å²) >= 11 is 0. The van der Waals surface area contributed by atoms with Gasteiger partial charge < -0.3 is 39.6 Å². The number of rotatable bonds is 7. The highest BCUT2D eigenvalue weighted by Gasteiger charge is 2.28. The van der Waals surface area contributed by atoms with Gasteiger partial charge in [0.05, 0.1) is 0 Å². The standard InChI is InChI=1S/C23H31FN2O2.2ClH/c1-17(2)20-9-8-18(3)14-23(20)28-16-19(27)15-25-10-12-26(13-11-25)22-7-5-4-6-21(22)24;;/h4-9,14,17,19,27H,10-13,15-16H2,1-3H3;2*1H. The molecule has 0 aromatic heterocycles. The van der Waals surface area contributed by atoms with Gasteiger partial charge in [-0.15, -0.1) is 0 Å². The minimum Gasteiger partial charge on any atom is -1.00 e. The van der Waals surface area contributed by atoms with E-state index < -0.39 is 6.10 Å². The van der Waals surface area contributed by atoms with Crippen LogP contribution in [0.1, 0.15) is 30.9 Å². The molecule has 0 bridgehead atoms. The summed E-state index contributed by atoms with van der Waals surface area (Å²) in [6, 6.07) is 13.3. The molecule has 4 nitrogen and oxygen atoms in total. The quantitative estimate of drug-likeness (QED) is 0.389. The van der Waals surface area contributed by atoms with Crippen LogP contribution in [-0.4, -0.2) is 50.5 Å². The predicted molar refractivity (Wildman–Crippen MR) is 109 cm³/mol. The second-order valence-corrected chi connectivity index (χ2v) is 8.20. The van der Waals surface area contributed by atoms with Crippen LogP contribution >= 0.6 is 0 Å². The second kappa shape index (κ2) is 12.5. The van der Waals surface area contributed by atoms with Crippen molar-refractivity contribution in [2.24, 2.45) is 0 Å². The van der Waals surface area contributed by atoms with Crippen LogP contribution in [0.25, 0.3) is 0 Å². The van der Waals surface area contributed by atoms with Crippen molar-refractivity contribution in [3.63, 3.8) is 0 Å². The molecular weight excluding hydrogens is 426 g/mol. The number of aliphatic hydroxyl groups is 1. The Morgan fingerprint density at radius 3 is 2.33 bits per heavy atom. The number of nitrogens with one attached hydrogen (secondary N) is 2. The number of benzene rings is 2. The minimum absolute atomic E-state index is 0.